The number of hydrogen-bond donors (Lipinski definition) is 1. The summed E-state index contributed by atoms with van der Waals surface area (Å²) < 4.78 is 24.5. The van der Waals surface area contributed by atoms with Gasteiger partial charge in [-0.3, -0.25) is 14.5 Å². The highest BCUT2D eigenvalue weighted by Crippen LogP contribution is 2.43. The van der Waals surface area contributed by atoms with E-state index in [4.69, 9.17) is 9.47 Å². The molecule has 4 rings (SSSR count). The Balaban J connectivity index is 1.96. The predicted molar refractivity (Wildman–Crippen MR) is 136 cm³/mol. The van der Waals surface area contributed by atoms with Gasteiger partial charge >= 0.3 is 0 Å². The van der Waals surface area contributed by atoms with Crippen molar-refractivity contribution in [2.24, 2.45) is 0 Å². The minimum atomic E-state index is -0.956. The maximum Gasteiger partial charge on any atom is 0.300 e. The number of aliphatic hydroxyl groups is 1. The Labute approximate surface area is 209 Å². The van der Waals surface area contributed by atoms with Gasteiger partial charge in [-0.15, -0.1) is 0 Å². The molecule has 1 saturated heterocycles. The van der Waals surface area contributed by atoms with Gasteiger partial charge in [-0.1, -0.05) is 26.0 Å². The number of benzene rings is 3. The number of nitrogens with zero attached hydrogens (tertiary/aromatic N) is 1. The van der Waals surface area contributed by atoms with Crippen LogP contribution in [-0.2, 0) is 9.59 Å². The van der Waals surface area contributed by atoms with Gasteiger partial charge in [0.15, 0.2) is 0 Å². The van der Waals surface area contributed by atoms with Crippen molar-refractivity contribution in [3.8, 4) is 11.5 Å². The van der Waals surface area contributed by atoms with Crippen molar-refractivity contribution in [3.63, 3.8) is 0 Å². The topological polar surface area (TPSA) is 76.1 Å². The van der Waals surface area contributed by atoms with Crippen molar-refractivity contribution < 1.29 is 28.6 Å². The van der Waals surface area contributed by atoms with Gasteiger partial charge in [0, 0.05) is 11.3 Å². The highest BCUT2D eigenvalue weighted by atomic mass is 19.1. The minimum absolute atomic E-state index is 0.0644. The van der Waals surface area contributed by atoms with Crippen molar-refractivity contribution in [3.05, 3.63) is 94.3 Å². The lowest BCUT2D eigenvalue weighted by Crippen LogP contribution is -2.29. The molecule has 0 aromatic heterocycles. The molecule has 0 bridgehead atoms. The second-order valence-corrected chi connectivity index (χ2v) is 8.98. The molecule has 1 N–H and O–H groups in total. The Kier molecular flexibility index (Phi) is 6.84. The highest BCUT2D eigenvalue weighted by molar-refractivity contribution is 6.51. The maximum atomic E-state index is 13.8. The first-order valence-corrected chi connectivity index (χ1v) is 11.6. The summed E-state index contributed by atoms with van der Waals surface area (Å²) in [5, 5.41) is 11.5. The number of amides is 1. The fourth-order valence-corrected chi connectivity index (χ4v) is 4.53. The summed E-state index contributed by atoms with van der Waals surface area (Å²) >= 11 is 0. The first-order chi connectivity index (χ1) is 17.2. The Morgan fingerprint density at radius 3 is 2.17 bits per heavy atom. The normalized spacial score (nSPS) is 17.1. The number of anilines is 1. The molecular formula is C29H28FNO5. The predicted octanol–water partition coefficient (Wildman–Crippen LogP) is 5.90. The third-order valence-corrected chi connectivity index (χ3v) is 6.43. The first kappa shape index (κ1) is 25.0. The molecule has 6 nitrogen and oxygen atoms in total. The van der Waals surface area contributed by atoms with E-state index < -0.39 is 23.5 Å². The van der Waals surface area contributed by atoms with Crippen LogP contribution >= 0.6 is 0 Å². The average Bonchev–Trinajstić information content (AvgIpc) is 3.14. The van der Waals surface area contributed by atoms with Crippen LogP contribution in [-0.4, -0.2) is 31.0 Å². The summed E-state index contributed by atoms with van der Waals surface area (Å²) in [5.74, 6) is -1.00. The Morgan fingerprint density at radius 1 is 0.972 bits per heavy atom. The van der Waals surface area contributed by atoms with E-state index in [1.807, 2.05) is 13.8 Å². The number of rotatable bonds is 6. The van der Waals surface area contributed by atoms with Crippen LogP contribution in [0.5, 0.6) is 11.5 Å². The van der Waals surface area contributed by atoms with Gasteiger partial charge in [0.1, 0.15) is 23.1 Å². The SMILES string of the molecule is COc1ccc(N2C(=O)C(=O)/C(=C(/O)c3cc(C(C)C)c(OC)cc3C)C2c2ccc(F)cc2)cc1. The van der Waals surface area contributed by atoms with Crippen molar-refractivity contribution in [2.45, 2.75) is 32.7 Å². The highest BCUT2D eigenvalue weighted by Gasteiger charge is 2.47. The summed E-state index contributed by atoms with van der Waals surface area (Å²) in [4.78, 5) is 28.0. The summed E-state index contributed by atoms with van der Waals surface area (Å²) in [5.41, 5.74) is 2.84. The van der Waals surface area contributed by atoms with Crippen LogP contribution in [0.1, 0.15) is 48.1 Å². The minimum Gasteiger partial charge on any atom is -0.507 e. The first-order valence-electron chi connectivity index (χ1n) is 11.6. The van der Waals surface area contributed by atoms with Crippen molar-refractivity contribution >= 4 is 23.1 Å². The molecule has 1 aliphatic heterocycles. The lowest BCUT2D eigenvalue weighted by atomic mass is 9.91. The van der Waals surface area contributed by atoms with Gasteiger partial charge in [-0.05, 0) is 78.1 Å². The second-order valence-electron chi connectivity index (χ2n) is 8.98. The third-order valence-electron chi connectivity index (χ3n) is 6.43. The van der Waals surface area contributed by atoms with Crippen LogP contribution in [0.25, 0.3) is 5.76 Å². The number of aryl methyl sites for hydroxylation is 1. The number of carbonyl (C=O) groups is 2. The van der Waals surface area contributed by atoms with Gasteiger partial charge < -0.3 is 14.6 Å². The molecule has 1 unspecified atom stereocenters. The van der Waals surface area contributed by atoms with E-state index in [1.54, 1.807) is 50.4 Å². The zero-order valence-electron chi connectivity index (χ0n) is 20.8. The zero-order valence-corrected chi connectivity index (χ0v) is 20.8. The molecular weight excluding hydrogens is 461 g/mol. The van der Waals surface area contributed by atoms with E-state index in [1.165, 1.54) is 36.3 Å². The number of aliphatic hydroxyl groups excluding tert-OH is 1. The third kappa shape index (κ3) is 4.33. The molecule has 0 spiro atoms. The Bertz CT molecular complexity index is 1340. The van der Waals surface area contributed by atoms with Crippen LogP contribution in [0.15, 0.2) is 66.2 Å². The standard InChI is InChI=1S/C29H28FNO5/c1-16(2)22-15-23(17(3)14-24(22)36-5)27(32)25-26(18-6-8-19(30)9-7-18)31(29(34)28(25)33)20-10-12-21(35-4)13-11-20/h6-16,26,32H,1-5H3/b27-25+. The zero-order chi connectivity index (χ0) is 26.1. The lowest BCUT2D eigenvalue weighted by molar-refractivity contribution is -0.132. The number of methoxy groups -OCH3 is 2. The molecule has 1 aliphatic rings. The average molecular weight is 490 g/mol. The largest absolute Gasteiger partial charge is 0.507 e. The van der Waals surface area contributed by atoms with E-state index in [2.05, 4.69) is 0 Å². The second kappa shape index (κ2) is 9.85. The number of ether oxygens (including phenoxy) is 2. The Hall–Kier alpha value is -4.13. The molecule has 7 heteroatoms. The number of carbonyl (C=O) groups excluding carboxylic acids is 2. The van der Waals surface area contributed by atoms with Gasteiger partial charge in [0.05, 0.1) is 25.8 Å². The molecule has 186 valence electrons. The van der Waals surface area contributed by atoms with Gasteiger partial charge in [-0.25, -0.2) is 4.39 Å². The molecule has 1 atom stereocenters. The van der Waals surface area contributed by atoms with Crippen LogP contribution in [0.4, 0.5) is 10.1 Å². The van der Waals surface area contributed by atoms with Crippen LogP contribution in [0, 0.1) is 12.7 Å². The molecule has 3 aromatic carbocycles. The Morgan fingerprint density at radius 2 is 1.61 bits per heavy atom. The molecule has 3 aromatic rings. The summed E-state index contributed by atoms with van der Waals surface area (Å²) in [6.07, 6.45) is 0. The summed E-state index contributed by atoms with van der Waals surface area (Å²) in [6.45, 7) is 5.80. The van der Waals surface area contributed by atoms with Crippen LogP contribution in [0.3, 0.4) is 0 Å². The van der Waals surface area contributed by atoms with Gasteiger partial charge in [-0.2, -0.15) is 0 Å². The molecule has 1 amide bonds. The molecule has 0 aliphatic carbocycles. The smallest absolute Gasteiger partial charge is 0.300 e. The molecule has 36 heavy (non-hydrogen) atoms. The summed E-state index contributed by atoms with van der Waals surface area (Å²) in [6, 6.07) is 14.9. The monoisotopic (exact) mass is 489 g/mol. The lowest BCUT2D eigenvalue weighted by Gasteiger charge is -2.26. The number of hydrogen-bond acceptors (Lipinski definition) is 5. The molecule has 0 saturated carbocycles. The molecule has 0 radical (unpaired) electrons. The van der Waals surface area contributed by atoms with E-state index in [9.17, 15) is 19.1 Å². The van der Waals surface area contributed by atoms with Crippen molar-refractivity contribution in [1.82, 2.24) is 0 Å². The maximum absolute atomic E-state index is 13.8. The van der Waals surface area contributed by atoms with E-state index >= 15 is 0 Å². The number of ketones is 1. The number of halogens is 1. The fourth-order valence-electron chi connectivity index (χ4n) is 4.53. The summed E-state index contributed by atoms with van der Waals surface area (Å²) in [7, 11) is 3.11. The quantitative estimate of drug-likeness (QED) is 0.265. The van der Waals surface area contributed by atoms with Crippen LogP contribution < -0.4 is 14.4 Å². The number of Topliss-reactive ketones (excluding diaryl/α,β-unsaturated/α-hetero) is 1. The van der Waals surface area contributed by atoms with E-state index in [0.29, 0.717) is 33.9 Å². The van der Waals surface area contributed by atoms with Crippen molar-refractivity contribution in [1.29, 1.82) is 0 Å². The van der Waals surface area contributed by atoms with E-state index in [-0.39, 0.29) is 17.3 Å². The van der Waals surface area contributed by atoms with Gasteiger partial charge in [0.25, 0.3) is 11.7 Å². The van der Waals surface area contributed by atoms with Crippen molar-refractivity contribution in [2.75, 3.05) is 19.1 Å². The molecule has 1 heterocycles. The van der Waals surface area contributed by atoms with Gasteiger partial charge in [0.2, 0.25) is 0 Å². The molecule has 1 fully saturated rings. The van der Waals surface area contributed by atoms with Crippen LogP contribution in [0.2, 0.25) is 0 Å². The van der Waals surface area contributed by atoms with E-state index in [0.717, 1.165) is 5.56 Å². The fraction of sp³-hybridized carbons (Fsp3) is 0.241.